The van der Waals surface area contributed by atoms with Crippen LogP contribution in [-0.2, 0) is 20.1 Å². The highest BCUT2D eigenvalue weighted by atomic mass is 127. The van der Waals surface area contributed by atoms with E-state index in [1.165, 1.54) is 16.9 Å². The number of hydrogen-bond acceptors (Lipinski definition) is 2. The Labute approximate surface area is 176 Å². The van der Waals surface area contributed by atoms with E-state index in [9.17, 15) is 0 Å². The molecule has 25 heavy (non-hydrogen) atoms. The number of hydrogen-bond donors (Lipinski definition) is 1. The van der Waals surface area contributed by atoms with E-state index in [0.717, 1.165) is 23.5 Å². The standard InChI is InChI=1S/C18H26BrN5.HI/c1-20-18(24(5)13-17-10-15(19)12-23(17)4)21-11-14-6-8-16(9-7-14)22(2)3;/h6-10,12H,11,13H2,1-5H3,(H,20,21);1H. The van der Waals surface area contributed by atoms with Gasteiger partial charge >= 0.3 is 0 Å². The van der Waals surface area contributed by atoms with Crippen molar-refractivity contribution in [1.29, 1.82) is 0 Å². The van der Waals surface area contributed by atoms with Crippen LogP contribution in [0, 0.1) is 0 Å². The minimum absolute atomic E-state index is 0. The number of nitrogens with zero attached hydrogens (tertiary/aromatic N) is 4. The molecule has 0 amide bonds. The van der Waals surface area contributed by atoms with Gasteiger partial charge in [0, 0.05) is 63.8 Å². The Morgan fingerprint density at radius 3 is 2.32 bits per heavy atom. The second-order valence-corrected chi connectivity index (χ2v) is 6.99. The van der Waals surface area contributed by atoms with Crippen LogP contribution in [0.5, 0.6) is 0 Å². The lowest BCUT2D eigenvalue weighted by Gasteiger charge is -2.22. The first-order chi connectivity index (χ1) is 11.4. The Morgan fingerprint density at radius 2 is 1.84 bits per heavy atom. The second-order valence-electron chi connectivity index (χ2n) is 6.08. The summed E-state index contributed by atoms with van der Waals surface area (Å²) in [5, 5.41) is 3.42. The van der Waals surface area contributed by atoms with Crippen molar-refractivity contribution in [3.8, 4) is 0 Å². The lowest BCUT2D eigenvalue weighted by molar-refractivity contribution is 0.461. The topological polar surface area (TPSA) is 35.8 Å². The fourth-order valence-electron chi connectivity index (χ4n) is 2.52. The Hall–Kier alpha value is -1.22. The van der Waals surface area contributed by atoms with Gasteiger partial charge in [0.05, 0.1) is 6.54 Å². The van der Waals surface area contributed by atoms with Gasteiger partial charge in [0.15, 0.2) is 5.96 Å². The van der Waals surface area contributed by atoms with Crippen LogP contribution in [0.2, 0.25) is 0 Å². The molecule has 0 aliphatic heterocycles. The highest BCUT2D eigenvalue weighted by Gasteiger charge is 2.09. The molecule has 0 unspecified atom stereocenters. The van der Waals surface area contributed by atoms with E-state index < -0.39 is 0 Å². The summed E-state index contributed by atoms with van der Waals surface area (Å²) in [5.41, 5.74) is 3.66. The molecule has 1 heterocycles. The number of rotatable bonds is 5. The van der Waals surface area contributed by atoms with E-state index >= 15 is 0 Å². The summed E-state index contributed by atoms with van der Waals surface area (Å²) < 4.78 is 3.21. The van der Waals surface area contributed by atoms with Gasteiger partial charge in [0.25, 0.3) is 0 Å². The Bertz CT molecular complexity index is 694. The number of aromatic nitrogens is 1. The van der Waals surface area contributed by atoms with E-state index in [0.29, 0.717) is 0 Å². The molecule has 0 saturated heterocycles. The van der Waals surface area contributed by atoms with Gasteiger partial charge < -0.3 is 19.7 Å². The van der Waals surface area contributed by atoms with E-state index in [4.69, 9.17) is 0 Å². The summed E-state index contributed by atoms with van der Waals surface area (Å²) in [7, 11) is 10.0. The van der Waals surface area contributed by atoms with Gasteiger partial charge in [-0.2, -0.15) is 0 Å². The maximum absolute atomic E-state index is 4.38. The number of aliphatic imine (C=N–C) groups is 1. The van der Waals surface area contributed by atoms with Gasteiger partial charge in [0.1, 0.15) is 0 Å². The van der Waals surface area contributed by atoms with Crippen molar-refractivity contribution < 1.29 is 0 Å². The molecular formula is C18H27BrIN5. The maximum atomic E-state index is 4.38. The van der Waals surface area contributed by atoms with Crippen molar-refractivity contribution in [3.63, 3.8) is 0 Å². The minimum atomic E-state index is 0. The summed E-state index contributed by atoms with van der Waals surface area (Å²) in [6.45, 7) is 1.54. The Kier molecular flexibility index (Phi) is 8.78. The van der Waals surface area contributed by atoms with Crippen LogP contribution in [-0.4, -0.2) is 43.6 Å². The van der Waals surface area contributed by atoms with Crippen molar-refractivity contribution in [2.45, 2.75) is 13.1 Å². The second kappa shape index (κ2) is 10.1. The third-order valence-electron chi connectivity index (χ3n) is 3.95. The highest BCUT2D eigenvalue weighted by Crippen LogP contribution is 2.15. The van der Waals surface area contributed by atoms with Gasteiger partial charge in [0.2, 0.25) is 0 Å². The monoisotopic (exact) mass is 519 g/mol. The van der Waals surface area contributed by atoms with Crippen molar-refractivity contribution in [2.24, 2.45) is 12.0 Å². The van der Waals surface area contributed by atoms with Crippen molar-refractivity contribution >= 4 is 51.6 Å². The van der Waals surface area contributed by atoms with Crippen LogP contribution < -0.4 is 10.2 Å². The van der Waals surface area contributed by atoms with Gasteiger partial charge in [-0.1, -0.05) is 12.1 Å². The number of halogens is 2. The molecule has 0 bridgehead atoms. The van der Waals surface area contributed by atoms with Crippen molar-refractivity contribution in [1.82, 2.24) is 14.8 Å². The normalized spacial score (nSPS) is 11.0. The van der Waals surface area contributed by atoms with Crippen LogP contribution in [0.25, 0.3) is 0 Å². The SMILES string of the molecule is CN=C(NCc1ccc(N(C)C)cc1)N(C)Cc1cc(Br)cn1C.I. The molecule has 2 aromatic rings. The molecule has 7 heteroatoms. The number of aryl methyl sites for hydroxylation is 1. The molecule has 1 aromatic heterocycles. The molecule has 0 fully saturated rings. The molecule has 1 N–H and O–H groups in total. The van der Waals surface area contributed by atoms with Crippen LogP contribution in [0.3, 0.4) is 0 Å². The van der Waals surface area contributed by atoms with Gasteiger partial charge in [-0.25, -0.2) is 0 Å². The molecule has 0 atom stereocenters. The lowest BCUT2D eigenvalue weighted by Crippen LogP contribution is -2.38. The van der Waals surface area contributed by atoms with Crippen LogP contribution in [0.4, 0.5) is 5.69 Å². The zero-order valence-corrected chi connectivity index (χ0v) is 19.4. The third-order valence-corrected chi connectivity index (χ3v) is 4.38. The number of nitrogens with one attached hydrogen (secondary N) is 1. The quantitative estimate of drug-likeness (QED) is 0.372. The highest BCUT2D eigenvalue weighted by molar-refractivity contribution is 14.0. The fourth-order valence-corrected chi connectivity index (χ4v) is 3.09. The Balaban J connectivity index is 0.00000312. The van der Waals surface area contributed by atoms with Crippen molar-refractivity contribution in [2.75, 3.05) is 33.1 Å². The third kappa shape index (κ3) is 6.22. The van der Waals surface area contributed by atoms with E-state index in [1.54, 1.807) is 0 Å². The van der Waals surface area contributed by atoms with Crippen LogP contribution in [0.1, 0.15) is 11.3 Å². The lowest BCUT2D eigenvalue weighted by atomic mass is 10.2. The van der Waals surface area contributed by atoms with Gasteiger partial charge in [-0.3, -0.25) is 4.99 Å². The summed E-state index contributed by atoms with van der Waals surface area (Å²) in [4.78, 5) is 8.60. The van der Waals surface area contributed by atoms with Crippen molar-refractivity contribution in [3.05, 3.63) is 52.3 Å². The molecule has 2 rings (SSSR count). The van der Waals surface area contributed by atoms with E-state index in [1.807, 2.05) is 28.2 Å². The predicted octanol–water partition coefficient (Wildman–Crippen LogP) is 3.68. The van der Waals surface area contributed by atoms with Crippen LogP contribution in [0.15, 0.2) is 46.0 Å². The summed E-state index contributed by atoms with van der Waals surface area (Å²) in [6.07, 6.45) is 2.06. The first-order valence-corrected chi connectivity index (χ1v) is 8.68. The predicted molar refractivity (Wildman–Crippen MR) is 121 cm³/mol. The first kappa shape index (κ1) is 21.8. The van der Waals surface area contributed by atoms with E-state index in [-0.39, 0.29) is 24.0 Å². The number of guanidine groups is 1. The molecule has 0 radical (unpaired) electrons. The molecular weight excluding hydrogens is 493 g/mol. The van der Waals surface area contributed by atoms with Crippen LogP contribution >= 0.6 is 39.9 Å². The molecule has 0 aliphatic rings. The molecule has 5 nitrogen and oxygen atoms in total. The molecule has 1 aromatic carbocycles. The first-order valence-electron chi connectivity index (χ1n) is 7.89. The zero-order chi connectivity index (χ0) is 17.7. The van der Waals surface area contributed by atoms with E-state index in [2.05, 4.69) is 84.2 Å². The molecule has 0 aliphatic carbocycles. The average molecular weight is 520 g/mol. The zero-order valence-electron chi connectivity index (χ0n) is 15.5. The molecule has 0 spiro atoms. The maximum Gasteiger partial charge on any atom is 0.194 e. The van der Waals surface area contributed by atoms with Gasteiger partial charge in [-0.05, 0) is 39.7 Å². The molecule has 138 valence electrons. The number of anilines is 1. The smallest absolute Gasteiger partial charge is 0.194 e. The summed E-state index contributed by atoms with van der Waals surface area (Å²) in [5.74, 6) is 0.879. The summed E-state index contributed by atoms with van der Waals surface area (Å²) >= 11 is 3.52. The number of benzene rings is 1. The van der Waals surface area contributed by atoms with Gasteiger partial charge in [-0.15, -0.1) is 24.0 Å². The largest absolute Gasteiger partial charge is 0.378 e. The molecule has 0 saturated carbocycles. The minimum Gasteiger partial charge on any atom is -0.378 e. The Morgan fingerprint density at radius 1 is 1.20 bits per heavy atom. The average Bonchev–Trinajstić information content (AvgIpc) is 2.85. The fraction of sp³-hybridized carbons (Fsp3) is 0.389. The summed E-state index contributed by atoms with van der Waals surface area (Å²) in [6, 6.07) is 10.7.